The number of hydrogen-bond donors (Lipinski definition) is 4. The van der Waals surface area contributed by atoms with Crippen molar-refractivity contribution >= 4 is 27.6 Å². The van der Waals surface area contributed by atoms with Gasteiger partial charge >= 0.3 is 5.97 Å². The summed E-state index contributed by atoms with van der Waals surface area (Å²) in [6.07, 6.45) is -0.549. The zero-order valence-corrected chi connectivity index (χ0v) is 11.5. The second-order valence-corrected chi connectivity index (χ2v) is 5.75. The average Bonchev–Trinajstić information content (AvgIpc) is 2.38. The molecule has 0 fully saturated rings. The number of carbonyl (C=O) groups is 2. The first kappa shape index (κ1) is 16.1. The Morgan fingerprint density at radius 1 is 1.35 bits per heavy atom. The predicted octanol–water partition coefficient (Wildman–Crippen LogP) is -0.665. The van der Waals surface area contributed by atoms with Gasteiger partial charge in [0.2, 0.25) is 15.9 Å². The third-order valence-corrected chi connectivity index (χ3v) is 3.91. The van der Waals surface area contributed by atoms with Gasteiger partial charge in [-0.3, -0.25) is 9.59 Å². The van der Waals surface area contributed by atoms with Gasteiger partial charge in [-0.25, -0.2) is 13.1 Å². The summed E-state index contributed by atoms with van der Waals surface area (Å²) in [6.45, 7) is 0. The number of hydrogen-bond acceptors (Lipinski definition) is 5. The summed E-state index contributed by atoms with van der Waals surface area (Å²) in [6, 6.07) is 4.46. The Morgan fingerprint density at radius 3 is 2.50 bits per heavy atom. The van der Waals surface area contributed by atoms with Crippen molar-refractivity contribution in [3.63, 3.8) is 0 Å². The number of nitrogens with one attached hydrogen (secondary N) is 2. The molecule has 0 heterocycles. The highest BCUT2D eigenvalue weighted by Gasteiger charge is 2.21. The zero-order chi connectivity index (χ0) is 15.3. The number of nitrogens with two attached hydrogens (primary N) is 1. The molecule has 0 bridgehead atoms. The first-order chi connectivity index (χ1) is 9.27. The smallest absolute Gasteiger partial charge is 0.305 e. The number of amides is 1. The number of anilines is 1. The van der Waals surface area contributed by atoms with Crippen LogP contribution in [0.4, 0.5) is 5.69 Å². The van der Waals surface area contributed by atoms with E-state index in [1.54, 1.807) is 0 Å². The summed E-state index contributed by atoms with van der Waals surface area (Å²) in [4.78, 5) is 22.0. The van der Waals surface area contributed by atoms with E-state index in [2.05, 4.69) is 10.0 Å². The van der Waals surface area contributed by atoms with E-state index in [1.165, 1.54) is 31.3 Å². The van der Waals surface area contributed by atoms with Crippen molar-refractivity contribution in [3.05, 3.63) is 24.3 Å². The lowest BCUT2D eigenvalue weighted by Crippen LogP contribution is -2.37. The van der Waals surface area contributed by atoms with E-state index in [4.69, 9.17) is 10.8 Å². The highest BCUT2D eigenvalue weighted by molar-refractivity contribution is 7.89. The summed E-state index contributed by atoms with van der Waals surface area (Å²) in [5.74, 6) is -1.99. The number of aliphatic carboxylic acids is 1. The molecule has 0 aliphatic heterocycles. The lowest BCUT2D eigenvalue weighted by Gasteiger charge is -2.13. The first-order valence-electron chi connectivity index (χ1n) is 5.58. The molecule has 0 radical (unpaired) electrons. The number of sulfonamides is 1. The molecule has 0 saturated carbocycles. The Hall–Kier alpha value is -1.97. The minimum Gasteiger partial charge on any atom is -0.481 e. The van der Waals surface area contributed by atoms with Gasteiger partial charge in [0.05, 0.1) is 18.2 Å². The molecule has 8 nitrogen and oxygen atoms in total. The fourth-order valence-electron chi connectivity index (χ4n) is 1.42. The highest BCUT2D eigenvalue weighted by atomic mass is 32.2. The summed E-state index contributed by atoms with van der Waals surface area (Å²) < 4.78 is 25.7. The van der Waals surface area contributed by atoms with Crippen LogP contribution in [0.25, 0.3) is 0 Å². The van der Waals surface area contributed by atoms with Crippen LogP contribution in [0.3, 0.4) is 0 Å². The number of carboxylic acid groups (broad SMARTS) is 1. The van der Waals surface area contributed by atoms with Gasteiger partial charge in [0.15, 0.2) is 0 Å². The molecule has 1 aromatic carbocycles. The molecule has 0 aliphatic rings. The number of benzene rings is 1. The lowest BCUT2D eigenvalue weighted by molar-refractivity contribution is -0.138. The van der Waals surface area contributed by atoms with Gasteiger partial charge in [-0.05, 0) is 19.2 Å². The minimum absolute atomic E-state index is 0.0349. The molecule has 110 valence electrons. The monoisotopic (exact) mass is 301 g/mol. The van der Waals surface area contributed by atoms with Crippen molar-refractivity contribution in [1.29, 1.82) is 0 Å². The van der Waals surface area contributed by atoms with E-state index in [-0.39, 0.29) is 10.6 Å². The van der Waals surface area contributed by atoms with Crippen LogP contribution < -0.4 is 15.8 Å². The Kier molecular flexibility index (Phi) is 5.19. The van der Waals surface area contributed by atoms with Gasteiger partial charge in [0.1, 0.15) is 4.90 Å². The molecule has 1 atom stereocenters. The highest BCUT2D eigenvalue weighted by Crippen LogP contribution is 2.20. The van der Waals surface area contributed by atoms with E-state index >= 15 is 0 Å². The summed E-state index contributed by atoms with van der Waals surface area (Å²) >= 11 is 0. The fraction of sp³-hybridized carbons (Fsp3) is 0.273. The molecular formula is C11H15N3O5S. The Bertz CT molecular complexity index is 614. The topological polar surface area (TPSA) is 139 Å². The molecular weight excluding hydrogens is 286 g/mol. The third-order valence-electron chi connectivity index (χ3n) is 2.43. The summed E-state index contributed by atoms with van der Waals surface area (Å²) in [5, 5.41) is 10.9. The van der Waals surface area contributed by atoms with E-state index < -0.39 is 34.4 Å². The first-order valence-corrected chi connectivity index (χ1v) is 7.07. The maximum absolute atomic E-state index is 11.8. The van der Waals surface area contributed by atoms with Gasteiger partial charge in [-0.15, -0.1) is 0 Å². The lowest BCUT2D eigenvalue weighted by atomic mass is 10.2. The van der Waals surface area contributed by atoms with Gasteiger partial charge in [-0.1, -0.05) is 12.1 Å². The average molecular weight is 301 g/mol. The van der Waals surface area contributed by atoms with Crippen LogP contribution in [0.1, 0.15) is 6.42 Å². The van der Waals surface area contributed by atoms with Crippen molar-refractivity contribution in [2.45, 2.75) is 17.4 Å². The van der Waals surface area contributed by atoms with Crippen molar-refractivity contribution < 1.29 is 23.1 Å². The van der Waals surface area contributed by atoms with Crippen LogP contribution in [0.15, 0.2) is 29.2 Å². The van der Waals surface area contributed by atoms with Crippen LogP contribution in [-0.2, 0) is 19.6 Å². The molecule has 20 heavy (non-hydrogen) atoms. The van der Waals surface area contributed by atoms with Crippen LogP contribution in [0, 0.1) is 0 Å². The molecule has 9 heteroatoms. The third kappa shape index (κ3) is 4.02. The van der Waals surface area contributed by atoms with Crippen LogP contribution in [-0.4, -0.2) is 38.5 Å². The minimum atomic E-state index is -3.75. The molecule has 1 rings (SSSR count). The molecule has 1 aromatic rings. The van der Waals surface area contributed by atoms with Crippen molar-refractivity contribution in [2.75, 3.05) is 12.4 Å². The van der Waals surface area contributed by atoms with Gasteiger partial charge in [0, 0.05) is 0 Å². The number of para-hydroxylation sites is 1. The number of carboxylic acids is 1. The second-order valence-electron chi connectivity index (χ2n) is 3.90. The molecule has 1 amide bonds. The van der Waals surface area contributed by atoms with Crippen LogP contribution >= 0.6 is 0 Å². The summed E-state index contributed by atoms with van der Waals surface area (Å²) in [7, 11) is -2.50. The van der Waals surface area contributed by atoms with Crippen molar-refractivity contribution in [1.82, 2.24) is 4.72 Å². The molecule has 0 aliphatic carbocycles. The maximum atomic E-state index is 11.8. The van der Waals surface area contributed by atoms with E-state index in [9.17, 15) is 18.0 Å². The van der Waals surface area contributed by atoms with Gasteiger partial charge in [0.25, 0.3) is 0 Å². The molecule has 0 spiro atoms. The Labute approximate surface area is 116 Å². The molecule has 0 saturated heterocycles. The van der Waals surface area contributed by atoms with Crippen molar-refractivity contribution in [2.24, 2.45) is 5.73 Å². The normalized spacial score (nSPS) is 12.7. The molecule has 5 N–H and O–H groups in total. The van der Waals surface area contributed by atoms with E-state index in [0.717, 1.165) is 0 Å². The summed E-state index contributed by atoms with van der Waals surface area (Å²) in [5.41, 5.74) is 5.43. The predicted molar refractivity (Wildman–Crippen MR) is 71.5 cm³/mol. The zero-order valence-electron chi connectivity index (χ0n) is 10.7. The number of carbonyl (C=O) groups excluding carboxylic acids is 1. The quantitative estimate of drug-likeness (QED) is 0.550. The second kappa shape index (κ2) is 6.46. The molecule has 1 unspecified atom stereocenters. The standard InChI is InChI=1S/C11H15N3O5S/c1-13-20(18,19)9-5-3-2-4-8(9)14-11(17)7(12)6-10(15)16/h2-5,7,13H,6,12H2,1H3,(H,14,17)(H,15,16). The van der Waals surface area contributed by atoms with Gasteiger partial charge in [-0.2, -0.15) is 0 Å². The SMILES string of the molecule is CNS(=O)(=O)c1ccccc1NC(=O)C(N)CC(=O)O. The maximum Gasteiger partial charge on any atom is 0.305 e. The molecule has 0 aromatic heterocycles. The Balaban J connectivity index is 2.99. The van der Waals surface area contributed by atoms with Crippen LogP contribution in [0.2, 0.25) is 0 Å². The number of rotatable bonds is 6. The Morgan fingerprint density at radius 2 is 1.95 bits per heavy atom. The van der Waals surface area contributed by atoms with E-state index in [1.807, 2.05) is 0 Å². The fourth-order valence-corrected chi connectivity index (χ4v) is 2.31. The van der Waals surface area contributed by atoms with Crippen LogP contribution in [0.5, 0.6) is 0 Å². The largest absolute Gasteiger partial charge is 0.481 e. The van der Waals surface area contributed by atoms with Gasteiger partial charge < -0.3 is 16.2 Å². The van der Waals surface area contributed by atoms with Crippen molar-refractivity contribution in [3.8, 4) is 0 Å². The van der Waals surface area contributed by atoms with E-state index in [0.29, 0.717) is 0 Å².